The predicted molar refractivity (Wildman–Crippen MR) is 91.9 cm³/mol. The fraction of sp³-hybridized carbons (Fsp3) is 0.316. The van der Waals surface area contributed by atoms with Crippen molar-refractivity contribution in [3.8, 4) is 0 Å². The van der Waals surface area contributed by atoms with Crippen LogP contribution in [0.4, 0.5) is 0 Å². The van der Waals surface area contributed by atoms with Crippen LogP contribution in [-0.4, -0.2) is 38.2 Å². The van der Waals surface area contributed by atoms with Crippen LogP contribution < -0.4 is 0 Å². The quantitative estimate of drug-likeness (QED) is 0.280. The first-order valence-corrected chi connectivity index (χ1v) is 7.75. The summed E-state index contributed by atoms with van der Waals surface area (Å²) in [6.07, 6.45) is 3.52. The van der Waals surface area contributed by atoms with E-state index in [2.05, 4.69) is 17.9 Å². The molecule has 1 aromatic carbocycles. The minimum absolute atomic E-state index is 0.0257. The van der Waals surface area contributed by atoms with Gasteiger partial charge in [-0.1, -0.05) is 37.4 Å². The summed E-state index contributed by atoms with van der Waals surface area (Å²) in [4.78, 5) is 35.5. The molecule has 0 aliphatic heterocycles. The molecule has 1 aromatic rings. The molecule has 0 fully saturated rings. The van der Waals surface area contributed by atoms with E-state index in [0.29, 0.717) is 12.0 Å². The number of benzene rings is 1. The van der Waals surface area contributed by atoms with E-state index < -0.39 is 23.8 Å². The Morgan fingerprint density at radius 1 is 1.00 bits per heavy atom. The van der Waals surface area contributed by atoms with Gasteiger partial charge in [0.25, 0.3) is 0 Å². The molecule has 0 unspecified atom stereocenters. The van der Waals surface area contributed by atoms with Gasteiger partial charge in [-0.2, -0.15) is 0 Å². The molecule has 1 rings (SSSR count). The van der Waals surface area contributed by atoms with Gasteiger partial charge in [-0.25, -0.2) is 4.79 Å². The van der Waals surface area contributed by atoms with Crippen molar-refractivity contribution in [1.29, 1.82) is 0 Å². The average Bonchev–Trinajstić information content (AvgIpc) is 2.64. The van der Waals surface area contributed by atoms with Crippen molar-refractivity contribution in [2.24, 2.45) is 5.92 Å². The highest BCUT2D eigenvalue weighted by Gasteiger charge is 2.29. The third-order valence-corrected chi connectivity index (χ3v) is 3.35. The summed E-state index contributed by atoms with van der Waals surface area (Å²) in [7, 11) is 1.31. The van der Waals surface area contributed by atoms with Crippen molar-refractivity contribution >= 4 is 17.9 Å². The van der Waals surface area contributed by atoms with Crippen molar-refractivity contribution < 1.29 is 28.6 Å². The molecule has 0 aromatic heterocycles. The van der Waals surface area contributed by atoms with Crippen LogP contribution in [0.1, 0.15) is 22.3 Å². The smallest absolute Gasteiger partial charge is 0.337 e. The molecule has 0 spiro atoms. The second kappa shape index (κ2) is 10.8. The third-order valence-electron chi connectivity index (χ3n) is 3.35. The van der Waals surface area contributed by atoms with Crippen LogP contribution in [0.15, 0.2) is 49.6 Å². The maximum absolute atomic E-state index is 12.1. The molecule has 0 atom stereocenters. The van der Waals surface area contributed by atoms with Gasteiger partial charge in [0.05, 0.1) is 12.7 Å². The van der Waals surface area contributed by atoms with Gasteiger partial charge in [-0.05, 0) is 30.5 Å². The molecule has 0 aliphatic carbocycles. The Morgan fingerprint density at radius 2 is 1.52 bits per heavy atom. The lowest BCUT2D eigenvalue weighted by atomic mass is 9.99. The van der Waals surface area contributed by atoms with Crippen LogP contribution in [0.2, 0.25) is 0 Å². The summed E-state index contributed by atoms with van der Waals surface area (Å²) in [5.41, 5.74) is 1.30. The van der Waals surface area contributed by atoms with Crippen LogP contribution in [0.25, 0.3) is 0 Å². The first-order valence-electron chi connectivity index (χ1n) is 7.75. The highest BCUT2D eigenvalue weighted by molar-refractivity contribution is 5.95. The zero-order chi connectivity index (χ0) is 18.7. The van der Waals surface area contributed by atoms with E-state index in [1.54, 1.807) is 24.3 Å². The van der Waals surface area contributed by atoms with Crippen LogP contribution in [0.3, 0.4) is 0 Å². The number of rotatable bonds is 10. The van der Waals surface area contributed by atoms with Crippen molar-refractivity contribution in [3.05, 3.63) is 60.7 Å². The zero-order valence-electron chi connectivity index (χ0n) is 14.2. The molecular weight excluding hydrogens is 324 g/mol. The molecule has 0 amide bonds. The molecule has 6 heteroatoms. The topological polar surface area (TPSA) is 78.9 Å². The largest absolute Gasteiger partial charge is 0.465 e. The Kier molecular flexibility index (Phi) is 8.71. The lowest BCUT2D eigenvalue weighted by Gasteiger charge is -2.14. The minimum Gasteiger partial charge on any atom is -0.465 e. The van der Waals surface area contributed by atoms with Crippen molar-refractivity contribution in [1.82, 2.24) is 0 Å². The summed E-state index contributed by atoms with van der Waals surface area (Å²) < 4.78 is 14.6. The number of carbonyl (C=O) groups is 3. The summed E-state index contributed by atoms with van der Waals surface area (Å²) >= 11 is 0. The SMILES string of the molecule is C=CCOC(=O)C(CCc1ccc(C(=O)OC)cc1)C(=O)OCC=C. The number of ether oxygens (including phenoxy) is 3. The Bertz CT molecular complexity index is 593. The van der Waals surface area contributed by atoms with Gasteiger partial charge in [0.15, 0.2) is 5.92 Å². The fourth-order valence-electron chi connectivity index (χ4n) is 2.05. The lowest BCUT2D eigenvalue weighted by molar-refractivity contribution is -0.161. The molecule has 25 heavy (non-hydrogen) atoms. The molecular formula is C19H22O6. The van der Waals surface area contributed by atoms with Gasteiger partial charge < -0.3 is 14.2 Å². The summed E-state index contributed by atoms with van der Waals surface area (Å²) in [6, 6.07) is 6.74. The molecule has 0 bridgehead atoms. The summed E-state index contributed by atoms with van der Waals surface area (Å²) in [5, 5.41) is 0. The van der Waals surface area contributed by atoms with Crippen LogP contribution in [0.5, 0.6) is 0 Å². The zero-order valence-corrected chi connectivity index (χ0v) is 14.2. The van der Waals surface area contributed by atoms with Crippen LogP contribution in [-0.2, 0) is 30.2 Å². The monoisotopic (exact) mass is 346 g/mol. The molecule has 0 radical (unpaired) electrons. The van der Waals surface area contributed by atoms with Crippen molar-refractivity contribution in [2.45, 2.75) is 12.8 Å². The second-order valence-corrected chi connectivity index (χ2v) is 5.12. The van der Waals surface area contributed by atoms with E-state index in [9.17, 15) is 14.4 Å². The first-order chi connectivity index (χ1) is 12.0. The first kappa shape index (κ1) is 20.2. The third kappa shape index (κ3) is 6.63. The van der Waals surface area contributed by atoms with Crippen LogP contribution >= 0.6 is 0 Å². The van der Waals surface area contributed by atoms with Gasteiger partial charge in [0.2, 0.25) is 0 Å². The lowest BCUT2D eigenvalue weighted by Crippen LogP contribution is -2.28. The molecule has 0 saturated heterocycles. The Hall–Kier alpha value is -2.89. The number of aryl methyl sites for hydroxylation is 1. The van der Waals surface area contributed by atoms with Gasteiger partial charge in [-0.15, -0.1) is 0 Å². The number of methoxy groups -OCH3 is 1. The highest BCUT2D eigenvalue weighted by atomic mass is 16.6. The fourth-order valence-corrected chi connectivity index (χ4v) is 2.05. The van der Waals surface area contributed by atoms with Crippen molar-refractivity contribution in [3.63, 3.8) is 0 Å². The Labute approximate surface area is 147 Å². The number of hydrogen-bond donors (Lipinski definition) is 0. The molecule has 6 nitrogen and oxygen atoms in total. The maximum Gasteiger partial charge on any atom is 0.337 e. The van der Waals surface area contributed by atoms with Crippen molar-refractivity contribution in [2.75, 3.05) is 20.3 Å². The Balaban J connectivity index is 2.74. The maximum atomic E-state index is 12.1. The average molecular weight is 346 g/mol. The van der Waals surface area contributed by atoms with Gasteiger partial charge in [0, 0.05) is 0 Å². The van der Waals surface area contributed by atoms with E-state index in [4.69, 9.17) is 9.47 Å². The molecule has 0 aliphatic rings. The number of esters is 3. The van der Waals surface area contributed by atoms with E-state index in [-0.39, 0.29) is 19.6 Å². The summed E-state index contributed by atoms with van der Waals surface area (Å²) in [6.45, 7) is 6.98. The molecule has 0 heterocycles. The normalized spacial score (nSPS) is 10.0. The molecule has 134 valence electrons. The predicted octanol–water partition coefficient (Wildman–Crippen LogP) is 2.48. The Morgan fingerprint density at radius 3 is 1.96 bits per heavy atom. The van der Waals surface area contributed by atoms with E-state index in [1.165, 1.54) is 19.3 Å². The van der Waals surface area contributed by atoms with Gasteiger partial charge >= 0.3 is 17.9 Å². The number of hydrogen-bond acceptors (Lipinski definition) is 6. The van der Waals surface area contributed by atoms with Crippen LogP contribution in [0, 0.1) is 5.92 Å². The van der Waals surface area contributed by atoms with E-state index in [1.807, 2.05) is 0 Å². The molecule has 0 saturated carbocycles. The van der Waals surface area contributed by atoms with E-state index >= 15 is 0 Å². The molecule has 0 N–H and O–H groups in total. The van der Waals surface area contributed by atoms with Gasteiger partial charge in [-0.3, -0.25) is 9.59 Å². The van der Waals surface area contributed by atoms with E-state index in [0.717, 1.165) is 5.56 Å². The second-order valence-electron chi connectivity index (χ2n) is 5.12. The highest BCUT2D eigenvalue weighted by Crippen LogP contribution is 2.15. The summed E-state index contributed by atoms with van der Waals surface area (Å²) in [5.74, 6) is -2.76. The minimum atomic E-state index is -1.03. The van der Waals surface area contributed by atoms with Gasteiger partial charge in [0.1, 0.15) is 13.2 Å². The standard InChI is InChI=1S/C19H22O6/c1-4-12-24-18(21)16(19(22)25-13-5-2)11-8-14-6-9-15(10-7-14)17(20)23-3/h4-7,9-10,16H,1-2,8,11-13H2,3H3. The number of carbonyl (C=O) groups excluding carboxylic acids is 3.